The molecule has 2 aromatic rings. The number of aromatic amines is 1. The number of benzene rings is 1. The molecule has 1 atom stereocenters. The largest absolute Gasteiger partial charge is 0.480 e. The maximum atomic E-state index is 11.9. The van der Waals surface area contributed by atoms with Crippen molar-refractivity contribution in [2.24, 2.45) is 0 Å². The van der Waals surface area contributed by atoms with Crippen molar-refractivity contribution in [3.8, 4) is 0 Å². The van der Waals surface area contributed by atoms with Crippen LogP contribution in [0.25, 0.3) is 10.9 Å². The number of rotatable bonds is 5. The Bertz CT molecular complexity index is 749. The van der Waals surface area contributed by atoms with Gasteiger partial charge in [0, 0.05) is 22.7 Å². The minimum atomic E-state index is -3.32. The minimum absolute atomic E-state index is 0.00660. The van der Waals surface area contributed by atoms with E-state index < -0.39 is 21.8 Å². The van der Waals surface area contributed by atoms with E-state index in [0.29, 0.717) is 16.5 Å². The number of carboxylic acid groups (broad SMARTS) is 1. The number of fused-ring (bicyclic) bond motifs is 1. The van der Waals surface area contributed by atoms with Crippen LogP contribution in [0.5, 0.6) is 0 Å². The van der Waals surface area contributed by atoms with E-state index in [0.717, 1.165) is 0 Å². The normalized spacial score (nSPS) is 13.5. The molecule has 0 saturated carbocycles. The molecule has 3 N–H and O–H groups in total. The van der Waals surface area contributed by atoms with Crippen molar-refractivity contribution >= 4 is 26.7 Å². The van der Waals surface area contributed by atoms with E-state index in [2.05, 4.69) is 10.3 Å². The molecule has 0 radical (unpaired) electrons. The monoisotopic (exact) mass is 296 g/mol. The van der Waals surface area contributed by atoms with Crippen molar-refractivity contribution in [1.82, 2.24) is 10.3 Å². The Hall–Kier alpha value is -1.86. The van der Waals surface area contributed by atoms with Gasteiger partial charge in [-0.2, -0.15) is 0 Å². The van der Waals surface area contributed by atoms with Crippen molar-refractivity contribution in [3.05, 3.63) is 30.0 Å². The number of aliphatic carboxylic acids is 1. The van der Waals surface area contributed by atoms with E-state index in [1.807, 2.05) is 0 Å². The van der Waals surface area contributed by atoms with Crippen LogP contribution in [0, 0.1) is 0 Å². The lowest BCUT2D eigenvalue weighted by molar-refractivity contribution is -0.139. The molecule has 1 aromatic heterocycles. The molecular formula is C13H16N2O4S. The molecular weight excluding hydrogens is 280 g/mol. The van der Waals surface area contributed by atoms with Crippen LogP contribution in [0.15, 0.2) is 29.3 Å². The number of aromatic nitrogens is 1. The van der Waals surface area contributed by atoms with Crippen LogP contribution < -0.4 is 5.32 Å². The zero-order valence-corrected chi connectivity index (χ0v) is 12.0. The van der Waals surface area contributed by atoms with Crippen molar-refractivity contribution in [3.63, 3.8) is 0 Å². The molecule has 0 aliphatic rings. The van der Waals surface area contributed by atoms with E-state index in [1.54, 1.807) is 26.2 Å². The molecule has 0 saturated heterocycles. The molecule has 1 heterocycles. The fourth-order valence-corrected chi connectivity index (χ4v) is 3.04. The molecule has 2 rings (SSSR count). The predicted octanol–water partition coefficient (Wildman–Crippen LogP) is 1.31. The molecule has 0 aliphatic heterocycles. The van der Waals surface area contributed by atoms with Gasteiger partial charge in [0.2, 0.25) is 0 Å². The highest BCUT2D eigenvalue weighted by Crippen LogP contribution is 2.27. The lowest BCUT2D eigenvalue weighted by Gasteiger charge is -2.10. The molecule has 0 amide bonds. The Kier molecular flexibility index (Phi) is 3.82. The average Bonchev–Trinajstić information content (AvgIpc) is 2.82. The summed E-state index contributed by atoms with van der Waals surface area (Å²) in [5.41, 5.74) is 1.22. The molecule has 7 heteroatoms. The van der Waals surface area contributed by atoms with Crippen molar-refractivity contribution in [2.45, 2.75) is 17.9 Å². The van der Waals surface area contributed by atoms with E-state index in [-0.39, 0.29) is 10.6 Å². The van der Waals surface area contributed by atoms with Crippen LogP contribution in [-0.4, -0.2) is 37.3 Å². The lowest BCUT2D eigenvalue weighted by Crippen LogP contribution is -2.24. The Morgan fingerprint density at radius 1 is 1.45 bits per heavy atom. The third-order valence-electron chi connectivity index (χ3n) is 3.27. The van der Waals surface area contributed by atoms with Crippen molar-refractivity contribution in [2.75, 3.05) is 12.8 Å². The third kappa shape index (κ3) is 2.41. The highest BCUT2D eigenvalue weighted by atomic mass is 32.2. The molecule has 0 aliphatic carbocycles. The van der Waals surface area contributed by atoms with E-state index in [9.17, 15) is 18.3 Å². The summed E-state index contributed by atoms with van der Waals surface area (Å²) in [4.78, 5) is 14.4. The lowest BCUT2D eigenvalue weighted by atomic mass is 10.1. The predicted molar refractivity (Wildman–Crippen MR) is 75.5 cm³/mol. The van der Waals surface area contributed by atoms with Gasteiger partial charge in [0.15, 0.2) is 9.84 Å². The fraction of sp³-hybridized carbons (Fsp3) is 0.308. The number of nitrogens with one attached hydrogen (secondary N) is 2. The maximum Gasteiger partial charge on any atom is 0.325 e. The van der Waals surface area contributed by atoms with Crippen LogP contribution in [0.4, 0.5) is 0 Å². The van der Waals surface area contributed by atoms with Crippen LogP contribution in [0.3, 0.4) is 0 Å². The molecule has 6 nitrogen and oxygen atoms in total. The second kappa shape index (κ2) is 5.26. The molecule has 1 unspecified atom stereocenters. The van der Waals surface area contributed by atoms with Crippen LogP contribution >= 0.6 is 0 Å². The van der Waals surface area contributed by atoms with Gasteiger partial charge in [0.1, 0.15) is 6.04 Å². The fourth-order valence-electron chi connectivity index (χ4n) is 2.13. The number of carbonyl (C=O) groups is 1. The first-order chi connectivity index (χ1) is 9.40. The zero-order chi connectivity index (χ0) is 14.9. The van der Waals surface area contributed by atoms with Gasteiger partial charge in [-0.25, -0.2) is 8.42 Å². The third-order valence-corrected chi connectivity index (χ3v) is 5.00. The number of likely N-dealkylation sites (N-methyl/N-ethyl adjacent to an activating group) is 1. The highest BCUT2D eigenvalue weighted by molar-refractivity contribution is 7.91. The second-order valence-electron chi connectivity index (χ2n) is 4.41. The van der Waals surface area contributed by atoms with Gasteiger partial charge in [0.05, 0.1) is 10.6 Å². The van der Waals surface area contributed by atoms with E-state index >= 15 is 0 Å². The van der Waals surface area contributed by atoms with Gasteiger partial charge < -0.3 is 15.4 Å². The quantitative estimate of drug-likeness (QED) is 0.772. The Balaban J connectivity index is 2.65. The summed E-state index contributed by atoms with van der Waals surface area (Å²) < 4.78 is 23.8. The van der Waals surface area contributed by atoms with Gasteiger partial charge in [0.25, 0.3) is 0 Å². The molecule has 108 valence electrons. The number of H-pyrrole nitrogens is 1. The first-order valence-electron chi connectivity index (χ1n) is 6.14. The van der Waals surface area contributed by atoms with Crippen LogP contribution in [0.2, 0.25) is 0 Å². The zero-order valence-electron chi connectivity index (χ0n) is 11.2. The molecule has 0 fully saturated rings. The average molecular weight is 296 g/mol. The summed E-state index contributed by atoms with van der Waals surface area (Å²) in [5, 5.41) is 12.5. The van der Waals surface area contributed by atoms with Gasteiger partial charge in [-0.3, -0.25) is 4.79 Å². The standard InChI is InChI=1S/C13H16N2O4S/c1-3-20(18,19)8-4-5-11-9(6-8)10(7-15-11)12(14-2)13(16)17/h4-7,12,14-15H,3H2,1-2H3,(H,16,17). The smallest absolute Gasteiger partial charge is 0.325 e. The van der Waals surface area contributed by atoms with E-state index in [4.69, 9.17) is 0 Å². The molecule has 1 aromatic carbocycles. The molecule has 20 heavy (non-hydrogen) atoms. The minimum Gasteiger partial charge on any atom is -0.480 e. The second-order valence-corrected chi connectivity index (χ2v) is 6.69. The SMILES string of the molecule is CCS(=O)(=O)c1ccc2[nH]cc(C(NC)C(=O)O)c2c1. The Labute approximate surface area is 116 Å². The van der Waals surface area contributed by atoms with Gasteiger partial charge >= 0.3 is 5.97 Å². The Morgan fingerprint density at radius 2 is 2.15 bits per heavy atom. The van der Waals surface area contributed by atoms with Gasteiger partial charge in [-0.1, -0.05) is 6.92 Å². The highest BCUT2D eigenvalue weighted by Gasteiger charge is 2.22. The first kappa shape index (κ1) is 14.5. The Morgan fingerprint density at radius 3 is 2.70 bits per heavy atom. The summed E-state index contributed by atoms with van der Waals surface area (Å²) in [5.74, 6) is -1.01. The topological polar surface area (TPSA) is 99.3 Å². The summed E-state index contributed by atoms with van der Waals surface area (Å²) in [7, 11) is -1.77. The number of hydrogen-bond donors (Lipinski definition) is 3. The van der Waals surface area contributed by atoms with Crippen LogP contribution in [-0.2, 0) is 14.6 Å². The first-order valence-corrected chi connectivity index (χ1v) is 7.79. The molecule has 0 bridgehead atoms. The maximum absolute atomic E-state index is 11.9. The summed E-state index contributed by atoms with van der Waals surface area (Å²) in [6.45, 7) is 1.57. The van der Waals surface area contributed by atoms with E-state index in [1.165, 1.54) is 12.1 Å². The van der Waals surface area contributed by atoms with Crippen LogP contribution in [0.1, 0.15) is 18.5 Å². The number of carboxylic acids is 1. The number of hydrogen-bond acceptors (Lipinski definition) is 4. The summed E-state index contributed by atoms with van der Waals surface area (Å²) in [6.07, 6.45) is 1.59. The molecule has 0 spiro atoms. The van der Waals surface area contributed by atoms with Crippen molar-refractivity contribution < 1.29 is 18.3 Å². The number of sulfone groups is 1. The van der Waals surface area contributed by atoms with Crippen molar-refractivity contribution in [1.29, 1.82) is 0 Å². The summed E-state index contributed by atoms with van der Waals surface area (Å²) >= 11 is 0. The summed E-state index contributed by atoms with van der Waals surface area (Å²) in [6, 6.07) is 3.81. The van der Waals surface area contributed by atoms with Gasteiger partial charge in [-0.15, -0.1) is 0 Å². The van der Waals surface area contributed by atoms with Gasteiger partial charge in [-0.05, 0) is 25.2 Å².